The van der Waals surface area contributed by atoms with Crippen molar-refractivity contribution in [3.8, 4) is 0 Å². The number of alkyl halides is 3. The molecule has 0 aromatic heterocycles. The Morgan fingerprint density at radius 2 is 1.76 bits per heavy atom. The lowest BCUT2D eigenvalue weighted by Gasteiger charge is -2.39. The number of nitrogens with two attached hydrogens (primary N) is 1. The van der Waals surface area contributed by atoms with Crippen LogP contribution in [0.5, 0.6) is 0 Å². The van der Waals surface area contributed by atoms with Crippen LogP contribution in [0.4, 0.5) is 13.2 Å². The van der Waals surface area contributed by atoms with Gasteiger partial charge in [0.2, 0.25) is 0 Å². The van der Waals surface area contributed by atoms with Crippen LogP contribution in [0.2, 0.25) is 5.02 Å². The Morgan fingerprint density at radius 1 is 1.14 bits per heavy atom. The summed E-state index contributed by atoms with van der Waals surface area (Å²) in [5, 5.41) is 0.644. The predicted octanol–water partition coefficient (Wildman–Crippen LogP) is 2.52. The van der Waals surface area contributed by atoms with Gasteiger partial charge in [0, 0.05) is 43.8 Å². The molecule has 1 saturated heterocycles. The fourth-order valence-electron chi connectivity index (χ4n) is 2.70. The monoisotopic (exact) mass is 321 g/mol. The van der Waals surface area contributed by atoms with E-state index in [0.29, 0.717) is 37.7 Å². The van der Waals surface area contributed by atoms with Crippen molar-refractivity contribution in [2.75, 3.05) is 39.3 Å². The number of piperazine rings is 1. The van der Waals surface area contributed by atoms with Gasteiger partial charge >= 0.3 is 6.18 Å². The molecule has 1 aliphatic heterocycles. The van der Waals surface area contributed by atoms with Crippen molar-refractivity contribution in [1.29, 1.82) is 0 Å². The zero-order valence-corrected chi connectivity index (χ0v) is 12.4. The van der Waals surface area contributed by atoms with Gasteiger partial charge in [-0.05, 0) is 11.6 Å². The molecule has 0 bridgehead atoms. The minimum Gasteiger partial charge on any atom is -0.329 e. The van der Waals surface area contributed by atoms with Crippen LogP contribution >= 0.6 is 11.6 Å². The van der Waals surface area contributed by atoms with Gasteiger partial charge in [-0.1, -0.05) is 29.8 Å². The van der Waals surface area contributed by atoms with Gasteiger partial charge in [0.1, 0.15) is 0 Å². The molecule has 0 spiro atoms. The first kappa shape index (κ1) is 16.5. The summed E-state index contributed by atoms with van der Waals surface area (Å²) in [7, 11) is 0. The Bertz CT molecular complexity index is 459. The van der Waals surface area contributed by atoms with E-state index >= 15 is 0 Å². The zero-order valence-electron chi connectivity index (χ0n) is 11.6. The van der Waals surface area contributed by atoms with E-state index in [2.05, 4.69) is 4.90 Å². The first-order chi connectivity index (χ1) is 9.90. The number of benzene rings is 1. The van der Waals surface area contributed by atoms with Crippen LogP contribution in [0.1, 0.15) is 11.6 Å². The van der Waals surface area contributed by atoms with E-state index in [4.69, 9.17) is 17.3 Å². The van der Waals surface area contributed by atoms with Crippen LogP contribution in [0.3, 0.4) is 0 Å². The lowest BCUT2D eigenvalue weighted by atomic mass is 10.0. The summed E-state index contributed by atoms with van der Waals surface area (Å²) in [6, 6.07) is 7.41. The van der Waals surface area contributed by atoms with Crippen LogP contribution in [0, 0.1) is 0 Å². The third kappa shape index (κ3) is 4.57. The van der Waals surface area contributed by atoms with E-state index in [0.717, 1.165) is 5.56 Å². The van der Waals surface area contributed by atoms with Gasteiger partial charge in [-0.25, -0.2) is 0 Å². The maximum Gasteiger partial charge on any atom is 0.401 e. The molecule has 1 aliphatic rings. The quantitative estimate of drug-likeness (QED) is 0.925. The fourth-order valence-corrected chi connectivity index (χ4v) is 2.97. The van der Waals surface area contributed by atoms with E-state index < -0.39 is 12.7 Å². The molecule has 1 aromatic carbocycles. The first-order valence-electron chi connectivity index (χ1n) is 6.88. The number of halogens is 4. The SMILES string of the molecule is NCC(c1ccccc1Cl)N1CCN(CC(F)(F)F)CC1. The van der Waals surface area contributed by atoms with Gasteiger partial charge in [-0.2, -0.15) is 13.2 Å². The van der Waals surface area contributed by atoms with E-state index in [1.54, 1.807) is 6.07 Å². The number of hydrogen-bond donors (Lipinski definition) is 1. The van der Waals surface area contributed by atoms with Crippen LogP contribution in [-0.2, 0) is 0 Å². The lowest BCUT2D eigenvalue weighted by Crippen LogP contribution is -2.51. The number of hydrogen-bond acceptors (Lipinski definition) is 3. The summed E-state index contributed by atoms with van der Waals surface area (Å²) in [4.78, 5) is 3.53. The highest BCUT2D eigenvalue weighted by molar-refractivity contribution is 6.31. The van der Waals surface area contributed by atoms with Gasteiger partial charge in [-0.3, -0.25) is 9.80 Å². The largest absolute Gasteiger partial charge is 0.401 e. The molecule has 0 aliphatic carbocycles. The summed E-state index contributed by atoms with van der Waals surface area (Å²) >= 11 is 6.19. The van der Waals surface area contributed by atoms with Crippen LogP contribution in [0.15, 0.2) is 24.3 Å². The Kier molecular flexibility index (Phi) is 5.48. The molecule has 1 atom stereocenters. The van der Waals surface area contributed by atoms with Gasteiger partial charge in [0.05, 0.1) is 6.54 Å². The lowest BCUT2D eigenvalue weighted by molar-refractivity contribution is -0.149. The van der Waals surface area contributed by atoms with Gasteiger partial charge in [0.15, 0.2) is 0 Å². The molecule has 1 heterocycles. The Balaban J connectivity index is 1.98. The molecule has 7 heteroatoms. The average molecular weight is 322 g/mol. The maximum absolute atomic E-state index is 12.4. The van der Waals surface area contributed by atoms with Gasteiger partial charge in [0.25, 0.3) is 0 Å². The van der Waals surface area contributed by atoms with Crippen LogP contribution in [0.25, 0.3) is 0 Å². The second kappa shape index (κ2) is 6.96. The molecular formula is C14H19ClF3N3. The van der Waals surface area contributed by atoms with Crippen molar-refractivity contribution >= 4 is 11.6 Å². The molecule has 1 unspecified atom stereocenters. The minimum atomic E-state index is -4.14. The molecule has 2 N–H and O–H groups in total. The molecular weight excluding hydrogens is 303 g/mol. The Morgan fingerprint density at radius 3 is 2.29 bits per heavy atom. The number of rotatable bonds is 4. The normalized spacial score (nSPS) is 19.7. The highest BCUT2D eigenvalue weighted by atomic mass is 35.5. The summed E-state index contributed by atoms with van der Waals surface area (Å²) in [6.07, 6.45) is -4.14. The highest BCUT2D eigenvalue weighted by Gasteiger charge is 2.33. The van der Waals surface area contributed by atoms with Crippen molar-refractivity contribution in [3.63, 3.8) is 0 Å². The standard InChI is InChI=1S/C14H19ClF3N3/c15-12-4-2-1-3-11(12)13(9-19)21-7-5-20(6-8-21)10-14(16,17)18/h1-4,13H,5-10,19H2. The van der Waals surface area contributed by atoms with Crippen molar-refractivity contribution in [3.05, 3.63) is 34.9 Å². The molecule has 1 aromatic rings. The van der Waals surface area contributed by atoms with Crippen molar-refractivity contribution < 1.29 is 13.2 Å². The molecule has 0 saturated carbocycles. The second-order valence-electron chi connectivity index (χ2n) is 5.20. The fraction of sp³-hybridized carbons (Fsp3) is 0.571. The molecule has 0 radical (unpaired) electrons. The van der Waals surface area contributed by atoms with Crippen molar-refractivity contribution in [1.82, 2.24) is 9.80 Å². The molecule has 21 heavy (non-hydrogen) atoms. The maximum atomic E-state index is 12.4. The molecule has 118 valence electrons. The van der Waals surface area contributed by atoms with Crippen LogP contribution < -0.4 is 5.73 Å². The summed E-state index contributed by atoms with van der Waals surface area (Å²) < 4.78 is 37.2. The Hall–Kier alpha value is -0.820. The van der Waals surface area contributed by atoms with Crippen molar-refractivity contribution in [2.24, 2.45) is 5.73 Å². The Labute approximate surface area is 127 Å². The molecule has 0 amide bonds. The second-order valence-corrected chi connectivity index (χ2v) is 5.61. The van der Waals surface area contributed by atoms with Crippen LogP contribution in [-0.4, -0.2) is 55.2 Å². The topological polar surface area (TPSA) is 32.5 Å². The molecule has 3 nitrogen and oxygen atoms in total. The average Bonchev–Trinajstić information content (AvgIpc) is 2.42. The first-order valence-corrected chi connectivity index (χ1v) is 7.26. The molecule has 1 fully saturated rings. The summed E-state index contributed by atoms with van der Waals surface area (Å²) in [5.41, 5.74) is 6.78. The zero-order chi connectivity index (χ0) is 15.5. The predicted molar refractivity (Wildman–Crippen MR) is 77.3 cm³/mol. The van der Waals surface area contributed by atoms with E-state index in [9.17, 15) is 13.2 Å². The minimum absolute atomic E-state index is 0.0493. The van der Waals surface area contributed by atoms with Gasteiger partial charge < -0.3 is 5.73 Å². The van der Waals surface area contributed by atoms with Gasteiger partial charge in [-0.15, -0.1) is 0 Å². The third-order valence-corrected chi connectivity index (χ3v) is 4.08. The van der Waals surface area contributed by atoms with E-state index in [-0.39, 0.29) is 6.04 Å². The third-order valence-electron chi connectivity index (χ3n) is 3.74. The summed E-state index contributed by atoms with van der Waals surface area (Å²) in [5.74, 6) is 0. The molecule has 2 rings (SSSR count). The highest BCUT2D eigenvalue weighted by Crippen LogP contribution is 2.28. The van der Waals surface area contributed by atoms with E-state index in [1.807, 2.05) is 18.2 Å². The smallest absolute Gasteiger partial charge is 0.329 e. The number of nitrogens with zero attached hydrogens (tertiary/aromatic N) is 2. The van der Waals surface area contributed by atoms with E-state index in [1.165, 1.54) is 4.90 Å². The van der Waals surface area contributed by atoms with Crippen molar-refractivity contribution in [2.45, 2.75) is 12.2 Å². The summed E-state index contributed by atoms with van der Waals surface area (Å²) in [6.45, 7) is 1.44.